The average Bonchev–Trinajstić information content (AvgIpc) is 3.33. The molecule has 2 fully saturated rings. The quantitative estimate of drug-likeness (QED) is 0.887. The zero-order valence-corrected chi connectivity index (χ0v) is 13.0. The molecule has 1 amide bonds. The summed E-state index contributed by atoms with van der Waals surface area (Å²) in [5, 5.41) is 6.58. The first-order chi connectivity index (χ1) is 9.81. The number of benzene rings is 1. The number of hydrogen-bond donors (Lipinski definition) is 2. The number of fused-ring (bicyclic) bond motifs is 1. The van der Waals surface area contributed by atoms with Gasteiger partial charge in [-0.05, 0) is 74.1 Å². The number of carbonyl (C=O) groups is 1. The van der Waals surface area contributed by atoms with Crippen LogP contribution in [0.15, 0.2) is 18.2 Å². The van der Waals surface area contributed by atoms with Crippen LogP contribution < -0.4 is 10.6 Å². The maximum atomic E-state index is 12.5. The number of rotatable bonds is 4. The Bertz CT molecular complexity index is 526. The van der Waals surface area contributed by atoms with Gasteiger partial charge in [0.05, 0.1) is 0 Å². The van der Waals surface area contributed by atoms with Gasteiger partial charge in [-0.1, -0.05) is 0 Å². The van der Waals surface area contributed by atoms with Crippen molar-refractivity contribution in [2.45, 2.75) is 38.5 Å². The Hall–Kier alpha value is -1.22. The Kier molecular flexibility index (Phi) is 4.12. The minimum atomic E-state index is 0. The lowest BCUT2D eigenvalue weighted by Crippen LogP contribution is -2.26. The Morgan fingerprint density at radius 1 is 1.19 bits per heavy atom. The molecule has 1 aliphatic heterocycles. The topological polar surface area (TPSA) is 41.1 Å². The zero-order valence-electron chi connectivity index (χ0n) is 12.2. The molecule has 2 saturated carbocycles. The number of hydrogen-bond acceptors (Lipinski definition) is 2. The fourth-order valence-electron chi connectivity index (χ4n) is 3.50. The third kappa shape index (κ3) is 3.18. The Balaban J connectivity index is 0.00000132. The molecule has 0 spiro atoms. The van der Waals surface area contributed by atoms with E-state index in [1.165, 1.54) is 43.4 Å². The highest BCUT2D eigenvalue weighted by Gasteiger charge is 2.45. The first-order valence-electron chi connectivity index (χ1n) is 7.99. The van der Waals surface area contributed by atoms with Crippen LogP contribution >= 0.6 is 12.4 Å². The lowest BCUT2D eigenvalue weighted by molar-refractivity contribution is -0.121. The van der Waals surface area contributed by atoms with Crippen LogP contribution in [-0.4, -0.2) is 12.5 Å². The second kappa shape index (κ2) is 5.88. The molecule has 114 valence electrons. The molecule has 1 heterocycles. The largest absolute Gasteiger partial charge is 0.385 e. The maximum Gasteiger partial charge on any atom is 0.228 e. The van der Waals surface area contributed by atoms with Crippen molar-refractivity contribution in [3.8, 4) is 0 Å². The number of carbonyl (C=O) groups excluding carboxylic acids is 1. The molecule has 3 nitrogen and oxygen atoms in total. The molecule has 3 aliphatic rings. The molecule has 0 unspecified atom stereocenters. The molecule has 0 radical (unpaired) electrons. The lowest BCUT2D eigenvalue weighted by atomic mass is 9.96. The van der Waals surface area contributed by atoms with E-state index in [-0.39, 0.29) is 24.2 Å². The van der Waals surface area contributed by atoms with Crippen molar-refractivity contribution < 1.29 is 4.79 Å². The molecule has 0 atom stereocenters. The van der Waals surface area contributed by atoms with Crippen molar-refractivity contribution in [1.82, 2.24) is 0 Å². The van der Waals surface area contributed by atoms with Crippen molar-refractivity contribution in [1.29, 1.82) is 0 Å². The highest BCUT2D eigenvalue weighted by atomic mass is 35.5. The summed E-state index contributed by atoms with van der Waals surface area (Å²) in [6.07, 6.45) is 7.30. The van der Waals surface area contributed by atoms with Crippen LogP contribution in [0.2, 0.25) is 0 Å². The summed E-state index contributed by atoms with van der Waals surface area (Å²) < 4.78 is 0. The van der Waals surface area contributed by atoms with E-state index in [2.05, 4.69) is 22.8 Å². The van der Waals surface area contributed by atoms with Gasteiger partial charge in [0.15, 0.2) is 0 Å². The Morgan fingerprint density at radius 2 is 1.90 bits per heavy atom. The predicted octanol–water partition coefficient (Wildman–Crippen LogP) is 3.84. The SMILES string of the molecule is Cl.O=C(Nc1ccc2c(c1)CCCN2)C(C1CC1)C1CC1. The van der Waals surface area contributed by atoms with Crippen LogP contribution in [-0.2, 0) is 11.2 Å². The molecule has 1 aromatic carbocycles. The van der Waals surface area contributed by atoms with E-state index in [0.717, 1.165) is 18.7 Å². The van der Waals surface area contributed by atoms with E-state index in [1.807, 2.05) is 6.07 Å². The normalized spacial score (nSPS) is 20.2. The molecule has 0 bridgehead atoms. The van der Waals surface area contributed by atoms with E-state index in [4.69, 9.17) is 0 Å². The van der Waals surface area contributed by atoms with Gasteiger partial charge in [0.2, 0.25) is 5.91 Å². The van der Waals surface area contributed by atoms with E-state index in [1.54, 1.807) is 0 Å². The molecule has 4 heteroatoms. The van der Waals surface area contributed by atoms with Gasteiger partial charge < -0.3 is 10.6 Å². The first kappa shape index (κ1) is 14.7. The molecule has 1 aromatic rings. The summed E-state index contributed by atoms with van der Waals surface area (Å²) in [4.78, 5) is 12.5. The number of aryl methyl sites for hydroxylation is 1. The molecule has 0 aromatic heterocycles. The fraction of sp³-hybridized carbons (Fsp3) is 0.588. The van der Waals surface area contributed by atoms with Gasteiger partial charge in [0, 0.05) is 23.8 Å². The summed E-state index contributed by atoms with van der Waals surface area (Å²) >= 11 is 0. The van der Waals surface area contributed by atoms with E-state index in [9.17, 15) is 4.79 Å². The van der Waals surface area contributed by atoms with Gasteiger partial charge in [-0.3, -0.25) is 4.79 Å². The number of amides is 1. The second-order valence-corrected chi connectivity index (χ2v) is 6.59. The number of halogens is 1. The van der Waals surface area contributed by atoms with Crippen LogP contribution in [0.25, 0.3) is 0 Å². The molecular weight excluding hydrogens is 284 g/mol. The predicted molar refractivity (Wildman–Crippen MR) is 88.1 cm³/mol. The Morgan fingerprint density at radius 3 is 2.57 bits per heavy atom. The highest BCUT2D eigenvalue weighted by Crippen LogP contribution is 2.49. The maximum absolute atomic E-state index is 12.5. The van der Waals surface area contributed by atoms with Crippen molar-refractivity contribution >= 4 is 29.7 Å². The van der Waals surface area contributed by atoms with E-state index < -0.39 is 0 Å². The third-order valence-electron chi connectivity index (χ3n) is 4.87. The van der Waals surface area contributed by atoms with E-state index >= 15 is 0 Å². The van der Waals surface area contributed by atoms with Gasteiger partial charge >= 0.3 is 0 Å². The van der Waals surface area contributed by atoms with Crippen molar-refractivity contribution in [2.24, 2.45) is 17.8 Å². The number of anilines is 2. The van der Waals surface area contributed by atoms with Gasteiger partial charge in [0.1, 0.15) is 0 Å². The second-order valence-electron chi connectivity index (χ2n) is 6.59. The molecule has 21 heavy (non-hydrogen) atoms. The van der Waals surface area contributed by atoms with Gasteiger partial charge in [-0.15, -0.1) is 12.4 Å². The molecule has 2 aliphatic carbocycles. The zero-order chi connectivity index (χ0) is 13.5. The molecule has 0 saturated heterocycles. The fourth-order valence-corrected chi connectivity index (χ4v) is 3.50. The monoisotopic (exact) mass is 306 g/mol. The van der Waals surface area contributed by atoms with Crippen LogP contribution in [0.1, 0.15) is 37.7 Å². The van der Waals surface area contributed by atoms with Gasteiger partial charge in [-0.25, -0.2) is 0 Å². The molecule has 4 rings (SSSR count). The minimum absolute atomic E-state index is 0. The summed E-state index contributed by atoms with van der Waals surface area (Å²) in [6, 6.07) is 6.29. The summed E-state index contributed by atoms with van der Waals surface area (Å²) in [7, 11) is 0. The molecule has 2 N–H and O–H groups in total. The third-order valence-corrected chi connectivity index (χ3v) is 4.87. The van der Waals surface area contributed by atoms with Crippen LogP contribution in [0.4, 0.5) is 11.4 Å². The highest BCUT2D eigenvalue weighted by molar-refractivity contribution is 5.93. The van der Waals surface area contributed by atoms with Crippen molar-refractivity contribution in [2.75, 3.05) is 17.2 Å². The van der Waals surface area contributed by atoms with Gasteiger partial charge in [-0.2, -0.15) is 0 Å². The minimum Gasteiger partial charge on any atom is -0.385 e. The first-order valence-corrected chi connectivity index (χ1v) is 7.99. The summed E-state index contributed by atoms with van der Waals surface area (Å²) in [6.45, 7) is 1.06. The van der Waals surface area contributed by atoms with Crippen molar-refractivity contribution in [3.63, 3.8) is 0 Å². The van der Waals surface area contributed by atoms with Crippen LogP contribution in [0.3, 0.4) is 0 Å². The summed E-state index contributed by atoms with van der Waals surface area (Å²) in [5.41, 5.74) is 3.54. The summed E-state index contributed by atoms with van der Waals surface area (Å²) in [5.74, 6) is 1.88. The van der Waals surface area contributed by atoms with Crippen molar-refractivity contribution in [3.05, 3.63) is 23.8 Å². The lowest BCUT2D eigenvalue weighted by Gasteiger charge is -2.20. The average molecular weight is 307 g/mol. The van der Waals surface area contributed by atoms with Crippen LogP contribution in [0.5, 0.6) is 0 Å². The van der Waals surface area contributed by atoms with Gasteiger partial charge in [0.25, 0.3) is 0 Å². The Labute approximate surface area is 132 Å². The number of nitrogens with one attached hydrogen (secondary N) is 2. The van der Waals surface area contributed by atoms with Crippen LogP contribution in [0, 0.1) is 17.8 Å². The van der Waals surface area contributed by atoms with E-state index in [0.29, 0.717) is 11.8 Å². The standard InChI is InChI=1S/C17H22N2O.ClH/c20-17(16(11-3-4-11)12-5-6-12)19-14-7-8-15-13(10-14)2-1-9-18-15;/h7-8,10-12,16,18H,1-6,9H2,(H,19,20);1H. The molecular formula is C17H23ClN2O. The smallest absolute Gasteiger partial charge is 0.228 e.